The zero-order valence-electron chi connectivity index (χ0n) is 37.4. The highest BCUT2D eigenvalue weighted by molar-refractivity contribution is 5.71. The van der Waals surface area contributed by atoms with Crippen molar-refractivity contribution in [2.75, 3.05) is 13.2 Å². The van der Waals surface area contributed by atoms with Crippen LogP contribution < -0.4 is 0 Å². The van der Waals surface area contributed by atoms with Crippen molar-refractivity contribution in [2.45, 2.75) is 278 Å². The van der Waals surface area contributed by atoms with Gasteiger partial charge in [0, 0.05) is 19.3 Å². The fraction of sp³-hybridized carbons (Fsp3) is 0.939. The largest absolute Gasteiger partial charge is 0.462 e. The number of esters is 3. The maximum absolute atomic E-state index is 12.7. The molecule has 0 unspecified atom stereocenters. The van der Waals surface area contributed by atoms with Crippen LogP contribution >= 0.6 is 0 Å². The summed E-state index contributed by atoms with van der Waals surface area (Å²) in [6, 6.07) is 0. The van der Waals surface area contributed by atoms with E-state index < -0.39 is 6.10 Å². The lowest BCUT2D eigenvalue weighted by Crippen LogP contribution is -2.30. The van der Waals surface area contributed by atoms with Crippen molar-refractivity contribution in [1.29, 1.82) is 0 Å². The Balaban J connectivity index is 4.23. The van der Waals surface area contributed by atoms with Crippen LogP contribution in [0.25, 0.3) is 0 Å². The molecule has 0 amide bonds. The quantitative estimate of drug-likeness (QED) is 0.0348. The van der Waals surface area contributed by atoms with Crippen LogP contribution in [-0.4, -0.2) is 37.2 Å². The Kier molecular flexibility index (Phi) is 42.3. The predicted molar refractivity (Wildman–Crippen MR) is 233 cm³/mol. The van der Waals surface area contributed by atoms with Gasteiger partial charge in [-0.15, -0.1) is 0 Å². The molecule has 55 heavy (non-hydrogen) atoms. The lowest BCUT2D eigenvalue weighted by atomic mass is 10.0. The van der Waals surface area contributed by atoms with Crippen LogP contribution in [0.3, 0.4) is 0 Å². The Morgan fingerprint density at radius 1 is 0.345 bits per heavy atom. The number of hydrogen-bond acceptors (Lipinski definition) is 6. The minimum absolute atomic E-state index is 0.0635. The topological polar surface area (TPSA) is 78.9 Å². The first-order valence-electron chi connectivity index (χ1n) is 24.4. The molecule has 0 spiro atoms. The highest BCUT2D eigenvalue weighted by atomic mass is 16.6. The molecule has 0 saturated carbocycles. The number of carbonyl (C=O) groups is 3. The van der Waals surface area contributed by atoms with Crippen molar-refractivity contribution < 1.29 is 28.6 Å². The molecule has 0 aromatic carbocycles. The summed E-state index contributed by atoms with van der Waals surface area (Å²) in [6.45, 7) is 8.98. The molecule has 0 aromatic heterocycles. The second kappa shape index (κ2) is 43.5. The van der Waals surface area contributed by atoms with Crippen LogP contribution in [0.5, 0.6) is 0 Å². The van der Waals surface area contributed by atoms with Crippen molar-refractivity contribution in [1.82, 2.24) is 0 Å². The third-order valence-corrected chi connectivity index (χ3v) is 11.0. The number of hydrogen-bond donors (Lipinski definition) is 0. The monoisotopic (exact) mass is 779 g/mol. The van der Waals surface area contributed by atoms with Gasteiger partial charge in [0.25, 0.3) is 0 Å². The van der Waals surface area contributed by atoms with E-state index in [9.17, 15) is 14.4 Å². The van der Waals surface area contributed by atoms with E-state index in [4.69, 9.17) is 14.2 Å². The van der Waals surface area contributed by atoms with Gasteiger partial charge in [-0.25, -0.2) is 0 Å². The minimum Gasteiger partial charge on any atom is -0.462 e. The molecule has 6 heteroatoms. The van der Waals surface area contributed by atoms with E-state index in [1.807, 2.05) is 0 Å². The van der Waals surface area contributed by atoms with Gasteiger partial charge in [0.2, 0.25) is 0 Å². The van der Waals surface area contributed by atoms with Gasteiger partial charge < -0.3 is 14.2 Å². The van der Waals surface area contributed by atoms with Crippen LogP contribution in [0.1, 0.15) is 272 Å². The molecular formula is C49H94O6. The van der Waals surface area contributed by atoms with Gasteiger partial charge in [-0.05, 0) is 25.2 Å². The summed E-state index contributed by atoms with van der Waals surface area (Å²) in [7, 11) is 0. The van der Waals surface area contributed by atoms with Crippen LogP contribution in [0.4, 0.5) is 0 Å². The first-order chi connectivity index (χ1) is 26.9. The Bertz CT molecular complexity index is 826. The second-order valence-corrected chi connectivity index (χ2v) is 17.2. The van der Waals surface area contributed by atoms with Crippen molar-refractivity contribution >= 4 is 17.9 Å². The number of ether oxygens (including phenoxy) is 3. The maximum Gasteiger partial charge on any atom is 0.306 e. The summed E-state index contributed by atoms with van der Waals surface area (Å²) in [6.07, 6.45) is 43.8. The molecule has 0 fully saturated rings. The van der Waals surface area contributed by atoms with E-state index >= 15 is 0 Å². The van der Waals surface area contributed by atoms with Gasteiger partial charge >= 0.3 is 17.9 Å². The molecule has 0 aliphatic rings. The summed E-state index contributed by atoms with van der Waals surface area (Å²) in [5.74, 6) is -0.0166. The SMILES string of the molecule is CCCCCCCCCCCCCCCCC(=O)OC[C@H](COC(=O)CCCCCCCCC)OC(=O)CCCCCCCCCCCCCCCC(C)C. The summed E-state index contributed by atoms with van der Waals surface area (Å²) in [5.41, 5.74) is 0. The third kappa shape index (κ3) is 43.4. The van der Waals surface area contributed by atoms with Crippen molar-refractivity contribution in [3.05, 3.63) is 0 Å². The van der Waals surface area contributed by atoms with Crippen LogP contribution in [0.15, 0.2) is 0 Å². The number of rotatable bonds is 44. The standard InChI is InChI=1S/C49H94O6/c1-5-7-9-11-13-14-15-16-19-22-25-29-33-37-41-48(51)54-44-46(43-53-47(50)40-36-32-27-12-10-8-6-2)55-49(52)42-38-34-30-26-23-20-17-18-21-24-28-31-35-39-45(3)4/h45-46H,5-44H2,1-4H3/t46-/m0/s1. The highest BCUT2D eigenvalue weighted by Gasteiger charge is 2.19. The summed E-state index contributed by atoms with van der Waals surface area (Å²) in [4.78, 5) is 37.7. The van der Waals surface area contributed by atoms with E-state index in [-0.39, 0.29) is 31.1 Å². The normalized spacial score (nSPS) is 11.9. The molecule has 1 atom stereocenters. The highest BCUT2D eigenvalue weighted by Crippen LogP contribution is 2.17. The lowest BCUT2D eigenvalue weighted by molar-refractivity contribution is -0.167. The molecule has 0 heterocycles. The van der Waals surface area contributed by atoms with Crippen LogP contribution in [-0.2, 0) is 28.6 Å². The number of carbonyl (C=O) groups excluding carboxylic acids is 3. The Hall–Kier alpha value is -1.59. The summed E-state index contributed by atoms with van der Waals surface area (Å²) < 4.78 is 16.7. The second-order valence-electron chi connectivity index (χ2n) is 17.2. The van der Waals surface area contributed by atoms with Gasteiger partial charge in [0.1, 0.15) is 13.2 Å². The summed E-state index contributed by atoms with van der Waals surface area (Å²) >= 11 is 0. The average molecular weight is 779 g/mol. The Labute approximate surface area is 342 Å². The molecule has 326 valence electrons. The molecule has 0 rings (SSSR count). The first kappa shape index (κ1) is 53.4. The van der Waals surface area contributed by atoms with Gasteiger partial charge in [-0.3, -0.25) is 14.4 Å². The smallest absolute Gasteiger partial charge is 0.306 e. The maximum atomic E-state index is 12.7. The molecule has 0 aliphatic heterocycles. The first-order valence-corrected chi connectivity index (χ1v) is 24.4. The van der Waals surface area contributed by atoms with Crippen molar-refractivity contribution in [3.63, 3.8) is 0 Å². The minimum atomic E-state index is -0.758. The van der Waals surface area contributed by atoms with Gasteiger partial charge in [0.05, 0.1) is 0 Å². The molecule has 0 aliphatic carbocycles. The van der Waals surface area contributed by atoms with E-state index in [0.29, 0.717) is 19.3 Å². The summed E-state index contributed by atoms with van der Waals surface area (Å²) in [5, 5.41) is 0. The van der Waals surface area contributed by atoms with E-state index in [1.165, 1.54) is 167 Å². The van der Waals surface area contributed by atoms with E-state index in [2.05, 4.69) is 27.7 Å². The Morgan fingerprint density at radius 3 is 0.891 bits per heavy atom. The Morgan fingerprint density at radius 2 is 0.600 bits per heavy atom. The molecule has 0 aromatic rings. The average Bonchev–Trinajstić information content (AvgIpc) is 3.17. The van der Waals surface area contributed by atoms with E-state index in [1.54, 1.807) is 0 Å². The zero-order valence-corrected chi connectivity index (χ0v) is 37.4. The predicted octanol–water partition coefficient (Wildman–Crippen LogP) is 15.5. The zero-order chi connectivity index (χ0) is 40.3. The van der Waals surface area contributed by atoms with Crippen molar-refractivity contribution in [2.24, 2.45) is 5.92 Å². The molecule has 0 radical (unpaired) electrons. The lowest BCUT2D eigenvalue weighted by Gasteiger charge is -2.18. The van der Waals surface area contributed by atoms with Gasteiger partial charge in [0.15, 0.2) is 6.10 Å². The third-order valence-electron chi connectivity index (χ3n) is 11.0. The molecular weight excluding hydrogens is 685 g/mol. The van der Waals surface area contributed by atoms with Gasteiger partial charge in [-0.2, -0.15) is 0 Å². The molecule has 6 nitrogen and oxygen atoms in total. The molecule has 0 saturated heterocycles. The fourth-order valence-electron chi connectivity index (χ4n) is 7.33. The van der Waals surface area contributed by atoms with Crippen LogP contribution in [0, 0.1) is 5.92 Å². The fourth-order valence-corrected chi connectivity index (χ4v) is 7.33. The van der Waals surface area contributed by atoms with Crippen molar-refractivity contribution in [3.8, 4) is 0 Å². The van der Waals surface area contributed by atoms with E-state index in [0.717, 1.165) is 63.7 Å². The molecule has 0 bridgehead atoms. The van der Waals surface area contributed by atoms with Gasteiger partial charge in [-0.1, -0.05) is 233 Å². The molecule has 0 N–H and O–H groups in total. The van der Waals surface area contributed by atoms with Crippen LogP contribution in [0.2, 0.25) is 0 Å². The number of unbranched alkanes of at least 4 members (excludes halogenated alkanes) is 31.